The highest BCUT2D eigenvalue weighted by Gasteiger charge is 2.27. The zero-order valence-corrected chi connectivity index (χ0v) is 13.2. The van der Waals surface area contributed by atoms with E-state index in [1.807, 2.05) is 0 Å². The smallest absolute Gasteiger partial charge is 0.211 e. The van der Waals surface area contributed by atoms with E-state index in [1.165, 1.54) is 19.1 Å². The number of rotatable bonds is 4. The third kappa shape index (κ3) is 4.69. The standard InChI is InChI=1S/C14H28N2O3S/c1-20(18,19)16-9-5-6-12(11-16)10-15-13-7-3-2-4-8-14(13)17/h12-15,17H,2-11H2,1H3. The molecule has 1 saturated heterocycles. The molecule has 3 atom stereocenters. The molecule has 1 heterocycles. The van der Waals surface area contributed by atoms with Crippen LogP contribution < -0.4 is 5.32 Å². The van der Waals surface area contributed by atoms with Crippen LogP contribution >= 0.6 is 0 Å². The molecule has 118 valence electrons. The number of aliphatic hydroxyl groups is 1. The van der Waals surface area contributed by atoms with Crippen LogP contribution in [0.15, 0.2) is 0 Å². The van der Waals surface area contributed by atoms with Crippen LogP contribution in [-0.4, -0.2) is 55.9 Å². The Morgan fingerprint density at radius 1 is 1.15 bits per heavy atom. The summed E-state index contributed by atoms with van der Waals surface area (Å²) in [5.74, 6) is 0.369. The van der Waals surface area contributed by atoms with E-state index in [2.05, 4.69) is 5.32 Å². The van der Waals surface area contributed by atoms with Crippen LogP contribution in [0, 0.1) is 5.92 Å². The second-order valence-corrected chi connectivity index (χ2v) is 8.33. The van der Waals surface area contributed by atoms with Gasteiger partial charge in [-0.2, -0.15) is 0 Å². The predicted molar refractivity (Wildman–Crippen MR) is 80.0 cm³/mol. The summed E-state index contributed by atoms with van der Waals surface area (Å²) in [6.07, 6.45) is 8.47. The monoisotopic (exact) mass is 304 g/mol. The summed E-state index contributed by atoms with van der Waals surface area (Å²) < 4.78 is 24.8. The lowest BCUT2D eigenvalue weighted by Gasteiger charge is -2.32. The van der Waals surface area contributed by atoms with Gasteiger partial charge in [-0.15, -0.1) is 0 Å². The third-order valence-electron chi connectivity index (χ3n) is 4.60. The van der Waals surface area contributed by atoms with Crippen LogP contribution in [0.5, 0.6) is 0 Å². The first-order valence-electron chi connectivity index (χ1n) is 7.83. The number of piperidine rings is 1. The van der Waals surface area contributed by atoms with Crippen molar-refractivity contribution in [3.8, 4) is 0 Å². The highest BCUT2D eigenvalue weighted by atomic mass is 32.2. The van der Waals surface area contributed by atoms with Crippen LogP contribution in [0.25, 0.3) is 0 Å². The molecule has 1 aliphatic heterocycles. The molecule has 20 heavy (non-hydrogen) atoms. The first kappa shape index (κ1) is 16.2. The van der Waals surface area contributed by atoms with Gasteiger partial charge in [-0.05, 0) is 38.1 Å². The molecule has 2 rings (SSSR count). The molecule has 2 N–H and O–H groups in total. The number of aliphatic hydroxyl groups excluding tert-OH is 1. The Kier molecular flexibility index (Phi) is 5.84. The summed E-state index contributed by atoms with van der Waals surface area (Å²) in [5.41, 5.74) is 0. The molecule has 0 bridgehead atoms. The Morgan fingerprint density at radius 3 is 2.65 bits per heavy atom. The van der Waals surface area contributed by atoms with Gasteiger partial charge in [0.15, 0.2) is 0 Å². The maximum absolute atomic E-state index is 11.6. The van der Waals surface area contributed by atoms with Crippen molar-refractivity contribution < 1.29 is 13.5 Å². The minimum absolute atomic E-state index is 0.186. The summed E-state index contributed by atoms with van der Waals surface area (Å²) in [4.78, 5) is 0. The van der Waals surface area contributed by atoms with Crippen molar-refractivity contribution in [2.24, 2.45) is 5.92 Å². The van der Waals surface area contributed by atoms with E-state index in [4.69, 9.17) is 0 Å². The lowest BCUT2D eigenvalue weighted by molar-refractivity contribution is 0.115. The van der Waals surface area contributed by atoms with E-state index in [0.717, 1.165) is 38.6 Å². The third-order valence-corrected chi connectivity index (χ3v) is 5.87. The van der Waals surface area contributed by atoms with Crippen molar-refractivity contribution in [2.45, 2.75) is 57.1 Å². The Bertz CT molecular complexity index is 399. The molecule has 0 aromatic rings. The fourth-order valence-corrected chi connectivity index (χ4v) is 4.28. The van der Waals surface area contributed by atoms with E-state index in [1.54, 1.807) is 4.31 Å². The lowest BCUT2D eigenvalue weighted by Crippen LogP contribution is -2.46. The normalized spacial score (nSPS) is 33.8. The molecule has 1 saturated carbocycles. The summed E-state index contributed by atoms with van der Waals surface area (Å²) in [5, 5.41) is 13.6. The van der Waals surface area contributed by atoms with Crippen molar-refractivity contribution in [1.29, 1.82) is 0 Å². The fourth-order valence-electron chi connectivity index (χ4n) is 3.34. The van der Waals surface area contributed by atoms with Gasteiger partial charge >= 0.3 is 0 Å². The van der Waals surface area contributed by atoms with Gasteiger partial charge in [0.1, 0.15) is 0 Å². The Morgan fingerprint density at radius 2 is 1.90 bits per heavy atom. The summed E-state index contributed by atoms with van der Waals surface area (Å²) in [7, 11) is -3.06. The van der Waals surface area contributed by atoms with Gasteiger partial charge in [0.05, 0.1) is 12.4 Å². The number of hydrogen-bond donors (Lipinski definition) is 2. The molecule has 0 radical (unpaired) electrons. The van der Waals surface area contributed by atoms with Crippen LogP contribution in [0.4, 0.5) is 0 Å². The number of nitrogens with one attached hydrogen (secondary N) is 1. The maximum Gasteiger partial charge on any atom is 0.211 e. The number of nitrogens with zero attached hydrogens (tertiary/aromatic N) is 1. The second kappa shape index (κ2) is 7.20. The largest absolute Gasteiger partial charge is 0.392 e. The molecule has 2 fully saturated rings. The van der Waals surface area contributed by atoms with Crippen molar-refractivity contribution >= 4 is 10.0 Å². The minimum Gasteiger partial charge on any atom is -0.392 e. The Balaban J connectivity index is 1.81. The fraction of sp³-hybridized carbons (Fsp3) is 1.00. The van der Waals surface area contributed by atoms with Crippen molar-refractivity contribution in [3.63, 3.8) is 0 Å². The van der Waals surface area contributed by atoms with E-state index in [9.17, 15) is 13.5 Å². The highest BCUT2D eigenvalue weighted by Crippen LogP contribution is 2.21. The SMILES string of the molecule is CS(=O)(=O)N1CCCC(CNC2CCCCCC2O)C1. The molecular formula is C14H28N2O3S. The Labute approximate surface area is 122 Å². The Hall–Kier alpha value is -0.170. The van der Waals surface area contributed by atoms with Crippen LogP contribution in [0.2, 0.25) is 0 Å². The quantitative estimate of drug-likeness (QED) is 0.759. The molecule has 0 aromatic heterocycles. The average Bonchev–Trinajstić information content (AvgIpc) is 2.60. The number of hydrogen-bond acceptors (Lipinski definition) is 4. The van der Waals surface area contributed by atoms with Crippen molar-refractivity contribution in [2.75, 3.05) is 25.9 Å². The van der Waals surface area contributed by atoms with Gasteiger partial charge in [-0.1, -0.05) is 19.3 Å². The first-order valence-corrected chi connectivity index (χ1v) is 9.68. The summed E-state index contributed by atoms with van der Waals surface area (Å²) in [6, 6.07) is 0.186. The van der Waals surface area contributed by atoms with Gasteiger partial charge in [0, 0.05) is 19.1 Å². The van der Waals surface area contributed by atoms with Gasteiger partial charge in [0.25, 0.3) is 0 Å². The summed E-state index contributed by atoms with van der Waals surface area (Å²) >= 11 is 0. The molecule has 0 amide bonds. The van der Waals surface area contributed by atoms with Gasteiger partial charge < -0.3 is 10.4 Å². The van der Waals surface area contributed by atoms with Gasteiger partial charge in [-0.25, -0.2) is 12.7 Å². The molecule has 5 nitrogen and oxygen atoms in total. The van der Waals surface area contributed by atoms with E-state index >= 15 is 0 Å². The average molecular weight is 304 g/mol. The zero-order valence-electron chi connectivity index (χ0n) is 12.4. The maximum atomic E-state index is 11.6. The zero-order chi connectivity index (χ0) is 14.6. The second-order valence-electron chi connectivity index (χ2n) is 6.35. The van der Waals surface area contributed by atoms with E-state index in [0.29, 0.717) is 19.0 Å². The summed E-state index contributed by atoms with van der Waals surface area (Å²) in [6.45, 7) is 2.09. The molecule has 3 unspecified atom stereocenters. The molecule has 2 aliphatic rings. The predicted octanol–water partition coefficient (Wildman–Crippen LogP) is 0.941. The molecular weight excluding hydrogens is 276 g/mol. The lowest BCUT2D eigenvalue weighted by atomic mass is 9.98. The van der Waals surface area contributed by atoms with Crippen molar-refractivity contribution in [3.05, 3.63) is 0 Å². The van der Waals surface area contributed by atoms with Crippen LogP contribution in [-0.2, 0) is 10.0 Å². The first-order chi connectivity index (χ1) is 9.47. The minimum atomic E-state index is -3.06. The van der Waals surface area contributed by atoms with E-state index < -0.39 is 10.0 Å². The van der Waals surface area contributed by atoms with Gasteiger partial charge in [0.2, 0.25) is 10.0 Å². The van der Waals surface area contributed by atoms with Crippen LogP contribution in [0.3, 0.4) is 0 Å². The highest BCUT2D eigenvalue weighted by molar-refractivity contribution is 7.88. The molecule has 6 heteroatoms. The topological polar surface area (TPSA) is 69.6 Å². The van der Waals surface area contributed by atoms with E-state index in [-0.39, 0.29) is 12.1 Å². The van der Waals surface area contributed by atoms with Crippen molar-refractivity contribution in [1.82, 2.24) is 9.62 Å². The van der Waals surface area contributed by atoms with Crippen LogP contribution in [0.1, 0.15) is 44.9 Å². The van der Waals surface area contributed by atoms with Gasteiger partial charge in [-0.3, -0.25) is 0 Å². The molecule has 1 aliphatic carbocycles. The number of sulfonamides is 1. The molecule has 0 aromatic carbocycles. The molecule has 0 spiro atoms.